The van der Waals surface area contributed by atoms with Crippen LogP contribution in [-0.2, 0) is 26.2 Å². The number of hydrogen-bond acceptors (Lipinski definition) is 0. The summed E-state index contributed by atoms with van der Waals surface area (Å²) in [5, 5.41) is 0. The summed E-state index contributed by atoms with van der Waals surface area (Å²) in [5.41, 5.74) is 4.87. The normalized spacial score (nSPS) is 13.3. The molecule has 134 valence electrons. The van der Waals surface area contributed by atoms with E-state index in [1.54, 1.807) is 0 Å². The van der Waals surface area contributed by atoms with Crippen molar-refractivity contribution in [1.29, 1.82) is 0 Å². The molecule has 0 saturated carbocycles. The Morgan fingerprint density at radius 1 is 0.630 bits per heavy atom. The number of hydrogen-bond donors (Lipinski definition) is 0. The molecule has 0 saturated heterocycles. The second-order valence-electron chi connectivity index (χ2n) is 6.09. The minimum atomic E-state index is 0. The predicted octanol–water partition coefficient (Wildman–Crippen LogP) is 6.88. The minimum absolute atomic E-state index is 0. The zero-order chi connectivity index (χ0) is 18.5. The van der Waals surface area contributed by atoms with Crippen LogP contribution in [0.5, 0.6) is 0 Å². The van der Waals surface area contributed by atoms with Gasteiger partial charge >= 0.3 is 26.2 Å². The Morgan fingerprint density at radius 3 is 1.22 bits per heavy atom. The van der Waals surface area contributed by atoms with Crippen LogP contribution in [0.4, 0.5) is 0 Å². The van der Waals surface area contributed by atoms with Crippen molar-refractivity contribution in [2.24, 2.45) is 0 Å². The summed E-state index contributed by atoms with van der Waals surface area (Å²) in [4.78, 5) is 0. The van der Waals surface area contributed by atoms with Crippen LogP contribution in [0.25, 0.3) is 0 Å². The van der Waals surface area contributed by atoms with Gasteiger partial charge in [0.2, 0.25) is 0 Å². The first-order chi connectivity index (χ1) is 12.7. The van der Waals surface area contributed by atoms with Crippen molar-refractivity contribution in [2.75, 3.05) is 0 Å². The quantitative estimate of drug-likeness (QED) is 0.466. The van der Waals surface area contributed by atoms with Crippen LogP contribution in [0.15, 0.2) is 96.1 Å². The molecule has 0 N–H and O–H groups in total. The van der Waals surface area contributed by atoms with Gasteiger partial charge < -0.3 is 0 Å². The van der Waals surface area contributed by atoms with Gasteiger partial charge in [-0.1, -0.05) is 25.0 Å². The van der Waals surface area contributed by atoms with E-state index < -0.39 is 0 Å². The topological polar surface area (TPSA) is 0 Å². The molecule has 0 bridgehead atoms. The molecule has 0 unspecified atom stereocenters. The molecule has 0 atom stereocenters. The summed E-state index contributed by atoms with van der Waals surface area (Å²) in [6, 6.07) is 19.7. The molecule has 2 aromatic rings. The summed E-state index contributed by atoms with van der Waals surface area (Å²) in [5.74, 6) is 0. The average Bonchev–Trinajstić information content (AvgIpc) is 3.36. The van der Waals surface area contributed by atoms with E-state index in [2.05, 4.69) is 50.3 Å². The average molecular weight is 430 g/mol. The molecule has 1 heteroatoms. The fraction of sp³-hybridized carbons (Fsp3) is 0.154. The van der Waals surface area contributed by atoms with E-state index >= 15 is 0 Å². The van der Waals surface area contributed by atoms with Crippen LogP contribution in [0.2, 0.25) is 0 Å². The molecule has 2 aliphatic carbocycles. The summed E-state index contributed by atoms with van der Waals surface area (Å²) in [6.45, 7) is 7.44. The van der Waals surface area contributed by atoms with Crippen molar-refractivity contribution in [3.05, 3.63) is 133 Å². The van der Waals surface area contributed by atoms with Crippen LogP contribution >= 0.6 is 0 Å². The van der Waals surface area contributed by atoms with E-state index in [9.17, 15) is 0 Å². The molecule has 2 aromatic carbocycles. The molecular formula is C26H26Zr. The molecule has 0 aliphatic heterocycles. The zero-order valence-corrected chi connectivity index (χ0v) is 18.3. The van der Waals surface area contributed by atoms with Crippen molar-refractivity contribution in [1.82, 2.24) is 0 Å². The first-order valence-electron chi connectivity index (χ1n) is 9.00. The molecule has 4 rings (SSSR count). The summed E-state index contributed by atoms with van der Waals surface area (Å²) < 4.78 is 0. The van der Waals surface area contributed by atoms with Crippen molar-refractivity contribution < 1.29 is 26.2 Å². The predicted molar refractivity (Wildman–Crippen MR) is 112 cm³/mol. The van der Waals surface area contributed by atoms with Crippen LogP contribution < -0.4 is 0 Å². The second kappa shape index (κ2) is 14.1. The Morgan fingerprint density at radius 2 is 1.00 bits per heavy atom. The monoisotopic (exact) mass is 428 g/mol. The Labute approximate surface area is 184 Å². The third kappa shape index (κ3) is 10.7. The maximum atomic E-state index is 3.72. The minimum Gasteiger partial charge on any atom is -0.269 e. The Balaban J connectivity index is 0.000000211. The fourth-order valence-corrected chi connectivity index (χ4v) is 2.47. The van der Waals surface area contributed by atoms with Crippen molar-refractivity contribution in [3.8, 4) is 0 Å². The van der Waals surface area contributed by atoms with E-state index in [0.29, 0.717) is 0 Å². The van der Waals surface area contributed by atoms with Gasteiger partial charge in [0.15, 0.2) is 0 Å². The fourth-order valence-electron chi connectivity index (χ4n) is 2.47. The van der Waals surface area contributed by atoms with Crippen LogP contribution in [0, 0.1) is 26.0 Å². The van der Waals surface area contributed by atoms with E-state index in [4.69, 9.17) is 0 Å². The molecule has 0 spiro atoms. The van der Waals surface area contributed by atoms with E-state index in [1.165, 1.54) is 11.1 Å². The SMILES string of the molecule is [C-]1=C(CCC2=[C-]CC=C2)C=CC1.[CH2-]c1ccccc1.[CH2-]c1ccccc1.[Zr+4]. The van der Waals surface area contributed by atoms with Gasteiger partial charge in [0, 0.05) is 0 Å². The van der Waals surface area contributed by atoms with E-state index in [0.717, 1.165) is 36.8 Å². The van der Waals surface area contributed by atoms with Crippen LogP contribution in [0.3, 0.4) is 0 Å². The largest absolute Gasteiger partial charge is 4.00 e. The smallest absolute Gasteiger partial charge is 0.269 e. The third-order valence-corrected chi connectivity index (χ3v) is 3.88. The number of allylic oxidation sites excluding steroid dienone is 8. The second-order valence-corrected chi connectivity index (χ2v) is 6.09. The molecule has 0 aromatic heterocycles. The Kier molecular flexibility index (Phi) is 12.1. The summed E-state index contributed by atoms with van der Waals surface area (Å²) in [6.07, 6.45) is 19.6. The first kappa shape index (κ1) is 23.1. The Bertz CT molecular complexity index is 682. The number of rotatable bonds is 3. The Hall–Kier alpha value is -1.98. The molecule has 0 radical (unpaired) electrons. The standard InChI is InChI=1S/C12H12.2C7H7.Zr/c1-2-6-11(5-1)9-10-12-7-3-4-8-12;2*1-7-5-3-2-4-6-7;/h1,3,5,7H,2,4,9-10H2;2*2-6H,1H2;/q-2;2*-1;+4. The van der Waals surface area contributed by atoms with Crippen molar-refractivity contribution in [3.63, 3.8) is 0 Å². The summed E-state index contributed by atoms with van der Waals surface area (Å²) in [7, 11) is 0. The van der Waals surface area contributed by atoms with Gasteiger partial charge in [-0.25, -0.2) is 23.3 Å². The van der Waals surface area contributed by atoms with Crippen LogP contribution in [0.1, 0.15) is 36.8 Å². The maximum Gasteiger partial charge on any atom is 4.00 e. The first-order valence-corrected chi connectivity index (χ1v) is 9.00. The van der Waals surface area contributed by atoms with Gasteiger partial charge in [0.25, 0.3) is 0 Å². The van der Waals surface area contributed by atoms with Gasteiger partial charge in [-0.05, 0) is 0 Å². The van der Waals surface area contributed by atoms with Gasteiger partial charge in [0.05, 0.1) is 0 Å². The molecule has 0 fully saturated rings. The zero-order valence-electron chi connectivity index (χ0n) is 15.8. The third-order valence-electron chi connectivity index (χ3n) is 3.88. The summed E-state index contributed by atoms with van der Waals surface area (Å²) >= 11 is 0. The van der Waals surface area contributed by atoms with Crippen molar-refractivity contribution >= 4 is 0 Å². The van der Waals surface area contributed by atoms with Gasteiger partial charge in [-0.2, -0.15) is 61.4 Å². The molecule has 0 amide bonds. The molecule has 2 aliphatic rings. The van der Waals surface area contributed by atoms with Gasteiger partial charge in [0.1, 0.15) is 0 Å². The molecule has 0 nitrogen and oxygen atoms in total. The van der Waals surface area contributed by atoms with Crippen LogP contribution in [-0.4, -0.2) is 0 Å². The molecular weight excluding hydrogens is 404 g/mol. The molecule has 27 heavy (non-hydrogen) atoms. The maximum absolute atomic E-state index is 3.72. The van der Waals surface area contributed by atoms with Gasteiger partial charge in [-0.15, -0.1) is 37.1 Å². The van der Waals surface area contributed by atoms with E-state index in [1.807, 2.05) is 60.7 Å². The van der Waals surface area contributed by atoms with Gasteiger partial charge in [-0.3, -0.25) is 12.2 Å². The number of benzene rings is 2. The van der Waals surface area contributed by atoms with Crippen molar-refractivity contribution in [2.45, 2.75) is 25.7 Å². The molecule has 0 heterocycles. The van der Waals surface area contributed by atoms with E-state index in [-0.39, 0.29) is 26.2 Å².